The van der Waals surface area contributed by atoms with Crippen molar-refractivity contribution in [3.8, 4) is 0 Å². The first-order valence-electron chi connectivity index (χ1n) is 7.15. The van der Waals surface area contributed by atoms with Crippen LogP contribution in [0.15, 0.2) is 47.4 Å². The van der Waals surface area contributed by atoms with E-state index < -0.39 is 16.9 Å². The zero-order chi connectivity index (χ0) is 17.0. The van der Waals surface area contributed by atoms with E-state index in [1.54, 1.807) is 24.5 Å². The molecule has 0 aliphatic carbocycles. The second kappa shape index (κ2) is 8.27. The van der Waals surface area contributed by atoms with Crippen molar-refractivity contribution >= 4 is 34.0 Å². The SMILES string of the molecule is CNC[C@@H](c1ccc(Cl)c(Cl)c1)[C@@H](O)c1ccccc1S(C)=O. The van der Waals surface area contributed by atoms with Gasteiger partial charge in [-0.25, -0.2) is 0 Å². The van der Waals surface area contributed by atoms with Crippen molar-refractivity contribution in [2.24, 2.45) is 0 Å². The van der Waals surface area contributed by atoms with Crippen LogP contribution in [0.3, 0.4) is 0 Å². The van der Waals surface area contributed by atoms with Gasteiger partial charge in [0.1, 0.15) is 0 Å². The van der Waals surface area contributed by atoms with Crippen molar-refractivity contribution in [2.45, 2.75) is 16.9 Å². The molecule has 3 nitrogen and oxygen atoms in total. The molecule has 124 valence electrons. The van der Waals surface area contributed by atoms with Crippen molar-refractivity contribution in [3.63, 3.8) is 0 Å². The van der Waals surface area contributed by atoms with E-state index in [9.17, 15) is 9.32 Å². The van der Waals surface area contributed by atoms with Crippen LogP contribution in [-0.4, -0.2) is 29.2 Å². The van der Waals surface area contributed by atoms with Crippen LogP contribution in [0.25, 0.3) is 0 Å². The second-order valence-electron chi connectivity index (χ2n) is 5.27. The van der Waals surface area contributed by atoms with Gasteiger partial charge in [-0.05, 0) is 36.4 Å². The van der Waals surface area contributed by atoms with Gasteiger partial charge in [-0.3, -0.25) is 4.21 Å². The lowest BCUT2D eigenvalue weighted by Crippen LogP contribution is -2.24. The molecular formula is C17H19Cl2NO2S. The monoisotopic (exact) mass is 371 g/mol. The topological polar surface area (TPSA) is 49.3 Å². The molecule has 0 aromatic heterocycles. The molecule has 0 radical (unpaired) electrons. The number of hydrogen-bond acceptors (Lipinski definition) is 3. The van der Waals surface area contributed by atoms with Crippen molar-refractivity contribution in [3.05, 3.63) is 63.6 Å². The summed E-state index contributed by atoms with van der Waals surface area (Å²) in [6.45, 7) is 0.545. The van der Waals surface area contributed by atoms with E-state index in [1.807, 2.05) is 31.3 Å². The Balaban J connectivity index is 2.45. The Labute approximate surface area is 149 Å². The van der Waals surface area contributed by atoms with Crippen LogP contribution in [0, 0.1) is 0 Å². The van der Waals surface area contributed by atoms with E-state index in [4.69, 9.17) is 23.2 Å². The predicted octanol–water partition coefficient (Wildman–Crippen LogP) is 3.77. The Morgan fingerprint density at radius 3 is 2.48 bits per heavy atom. The van der Waals surface area contributed by atoms with Crippen molar-refractivity contribution in [2.75, 3.05) is 19.8 Å². The maximum Gasteiger partial charge on any atom is 0.0882 e. The maximum absolute atomic E-state index is 11.9. The van der Waals surface area contributed by atoms with Gasteiger partial charge in [0.2, 0.25) is 0 Å². The first kappa shape index (κ1) is 18.4. The molecule has 3 atom stereocenters. The number of aliphatic hydroxyl groups excluding tert-OH is 1. The Morgan fingerprint density at radius 1 is 1.17 bits per heavy atom. The normalized spacial score (nSPS) is 15.2. The van der Waals surface area contributed by atoms with Gasteiger partial charge in [0.05, 0.1) is 26.9 Å². The lowest BCUT2D eigenvalue weighted by Gasteiger charge is -2.25. The molecule has 1 unspecified atom stereocenters. The molecule has 2 N–H and O–H groups in total. The molecule has 0 saturated carbocycles. The zero-order valence-electron chi connectivity index (χ0n) is 12.9. The number of benzene rings is 2. The largest absolute Gasteiger partial charge is 0.388 e. The molecule has 0 spiro atoms. The number of aliphatic hydroxyl groups is 1. The van der Waals surface area contributed by atoms with Gasteiger partial charge in [0, 0.05) is 23.6 Å². The number of rotatable bonds is 6. The fourth-order valence-corrected chi connectivity index (χ4v) is 3.68. The smallest absolute Gasteiger partial charge is 0.0882 e. The molecule has 2 aromatic carbocycles. The number of hydrogen-bond donors (Lipinski definition) is 2. The summed E-state index contributed by atoms with van der Waals surface area (Å²) < 4.78 is 11.9. The summed E-state index contributed by atoms with van der Waals surface area (Å²) in [5, 5.41) is 14.9. The minimum Gasteiger partial charge on any atom is -0.388 e. The van der Waals surface area contributed by atoms with E-state index in [1.165, 1.54) is 0 Å². The van der Waals surface area contributed by atoms with E-state index in [0.29, 0.717) is 27.0 Å². The third-order valence-electron chi connectivity index (χ3n) is 3.72. The Morgan fingerprint density at radius 2 is 1.87 bits per heavy atom. The summed E-state index contributed by atoms with van der Waals surface area (Å²) in [5.41, 5.74) is 1.54. The average Bonchev–Trinajstić information content (AvgIpc) is 2.54. The molecule has 0 amide bonds. The van der Waals surface area contributed by atoms with Crippen LogP contribution >= 0.6 is 23.2 Å². The van der Waals surface area contributed by atoms with Crippen LogP contribution in [0.4, 0.5) is 0 Å². The summed E-state index contributed by atoms with van der Waals surface area (Å²) in [5.74, 6) is -0.237. The van der Waals surface area contributed by atoms with E-state index in [2.05, 4.69) is 5.32 Å². The third kappa shape index (κ3) is 4.34. The molecule has 0 aliphatic rings. The molecule has 6 heteroatoms. The third-order valence-corrected chi connectivity index (χ3v) is 5.45. The number of likely N-dealkylation sites (N-methyl/N-ethyl adjacent to an activating group) is 1. The predicted molar refractivity (Wildman–Crippen MR) is 96.9 cm³/mol. The number of halogens is 2. The Bertz CT molecular complexity index is 709. The van der Waals surface area contributed by atoms with Crippen LogP contribution in [-0.2, 0) is 10.8 Å². The van der Waals surface area contributed by atoms with E-state index in [0.717, 1.165) is 5.56 Å². The molecule has 0 saturated heterocycles. The average molecular weight is 372 g/mol. The van der Waals surface area contributed by atoms with Gasteiger partial charge in [-0.15, -0.1) is 0 Å². The lowest BCUT2D eigenvalue weighted by atomic mass is 9.89. The summed E-state index contributed by atoms with van der Waals surface area (Å²) in [6, 6.07) is 12.6. The van der Waals surface area contributed by atoms with Crippen LogP contribution < -0.4 is 5.32 Å². The zero-order valence-corrected chi connectivity index (χ0v) is 15.3. The molecule has 0 aliphatic heterocycles. The fraction of sp³-hybridized carbons (Fsp3) is 0.294. The summed E-state index contributed by atoms with van der Waals surface area (Å²) >= 11 is 12.1. The standard InChI is InChI=1S/C17H19Cl2NO2S/c1-20-10-13(11-7-8-14(18)15(19)9-11)17(21)12-5-3-4-6-16(12)23(2)22/h3-9,13,17,20-21H,10H2,1-2H3/t13-,17-,23?/m0/s1. The fourth-order valence-electron chi connectivity index (χ4n) is 2.58. The Kier molecular flexibility index (Phi) is 6.62. The minimum absolute atomic E-state index is 0.237. The highest BCUT2D eigenvalue weighted by molar-refractivity contribution is 7.84. The maximum atomic E-state index is 11.9. The summed E-state index contributed by atoms with van der Waals surface area (Å²) in [7, 11) is 0.647. The lowest BCUT2D eigenvalue weighted by molar-refractivity contribution is 0.141. The second-order valence-corrected chi connectivity index (χ2v) is 7.44. The molecule has 0 fully saturated rings. The van der Waals surface area contributed by atoms with Crippen molar-refractivity contribution in [1.29, 1.82) is 0 Å². The van der Waals surface area contributed by atoms with Gasteiger partial charge in [-0.1, -0.05) is 47.5 Å². The van der Waals surface area contributed by atoms with E-state index in [-0.39, 0.29) is 5.92 Å². The summed E-state index contributed by atoms with van der Waals surface area (Å²) in [4.78, 5) is 0.640. The van der Waals surface area contributed by atoms with Crippen LogP contribution in [0.1, 0.15) is 23.1 Å². The van der Waals surface area contributed by atoms with Gasteiger partial charge in [-0.2, -0.15) is 0 Å². The van der Waals surface area contributed by atoms with Crippen molar-refractivity contribution < 1.29 is 9.32 Å². The van der Waals surface area contributed by atoms with Gasteiger partial charge in [0.15, 0.2) is 0 Å². The highest BCUT2D eigenvalue weighted by Crippen LogP contribution is 2.35. The first-order valence-corrected chi connectivity index (χ1v) is 9.47. The molecular weight excluding hydrogens is 353 g/mol. The molecule has 0 heterocycles. The highest BCUT2D eigenvalue weighted by atomic mass is 35.5. The van der Waals surface area contributed by atoms with Gasteiger partial charge < -0.3 is 10.4 Å². The van der Waals surface area contributed by atoms with E-state index >= 15 is 0 Å². The molecule has 2 rings (SSSR count). The molecule has 23 heavy (non-hydrogen) atoms. The van der Waals surface area contributed by atoms with Gasteiger partial charge >= 0.3 is 0 Å². The van der Waals surface area contributed by atoms with Crippen LogP contribution in [0.5, 0.6) is 0 Å². The van der Waals surface area contributed by atoms with Gasteiger partial charge in [0.25, 0.3) is 0 Å². The molecule has 0 bridgehead atoms. The Hall–Kier alpha value is -0.910. The highest BCUT2D eigenvalue weighted by Gasteiger charge is 2.25. The molecule has 2 aromatic rings. The number of nitrogens with one attached hydrogen (secondary N) is 1. The quantitative estimate of drug-likeness (QED) is 0.812. The summed E-state index contributed by atoms with van der Waals surface area (Å²) in [6.07, 6.45) is 0.803. The van der Waals surface area contributed by atoms with Crippen molar-refractivity contribution in [1.82, 2.24) is 5.32 Å². The first-order chi connectivity index (χ1) is 11.0. The minimum atomic E-state index is -1.17. The van der Waals surface area contributed by atoms with Crippen LogP contribution in [0.2, 0.25) is 10.0 Å².